The van der Waals surface area contributed by atoms with Gasteiger partial charge in [-0.3, -0.25) is 4.68 Å². The number of rotatable bonds is 3. The van der Waals surface area contributed by atoms with Crippen LogP contribution in [-0.2, 0) is 11.8 Å². The number of aromatic nitrogens is 2. The first-order chi connectivity index (χ1) is 10.6. The maximum atomic E-state index is 11.1. The summed E-state index contributed by atoms with van der Waals surface area (Å²) in [6, 6.07) is 7.20. The molecule has 1 N–H and O–H groups in total. The van der Waals surface area contributed by atoms with Crippen molar-refractivity contribution in [1.29, 1.82) is 0 Å². The number of aromatic carboxylic acids is 1. The van der Waals surface area contributed by atoms with Crippen molar-refractivity contribution >= 4 is 23.3 Å². The first-order valence-electron chi connectivity index (χ1n) is 6.96. The number of aryl methyl sites for hydroxylation is 1. The Morgan fingerprint density at radius 1 is 1.32 bits per heavy atom. The summed E-state index contributed by atoms with van der Waals surface area (Å²) in [6.45, 7) is 2.93. The van der Waals surface area contributed by atoms with Crippen LogP contribution in [0.5, 0.6) is 0 Å². The minimum absolute atomic E-state index is 0.0189. The zero-order valence-electron chi connectivity index (χ0n) is 12.1. The smallest absolute Gasteiger partial charge is 0.356 e. The summed E-state index contributed by atoms with van der Waals surface area (Å²) < 4.78 is 6.96. The SMILES string of the molecule is Cn1nc(C(=O)O)cc1-c1cc(Cl)ccc1N1CCOCC1. The summed E-state index contributed by atoms with van der Waals surface area (Å²) >= 11 is 6.14. The van der Waals surface area contributed by atoms with Crippen molar-refractivity contribution in [1.82, 2.24) is 9.78 Å². The number of ether oxygens (including phenoxy) is 1. The van der Waals surface area contributed by atoms with Crippen LogP contribution >= 0.6 is 11.6 Å². The zero-order chi connectivity index (χ0) is 15.7. The van der Waals surface area contributed by atoms with Gasteiger partial charge < -0.3 is 14.7 Å². The number of carbonyl (C=O) groups is 1. The second kappa shape index (κ2) is 5.98. The number of hydrogen-bond donors (Lipinski definition) is 1. The molecular weight excluding hydrogens is 306 g/mol. The fraction of sp³-hybridized carbons (Fsp3) is 0.333. The van der Waals surface area contributed by atoms with E-state index >= 15 is 0 Å². The van der Waals surface area contributed by atoms with E-state index in [9.17, 15) is 4.79 Å². The highest BCUT2D eigenvalue weighted by molar-refractivity contribution is 6.31. The molecule has 116 valence electrons. The van der Waals surface area contributed by atoms with E-state index in [1.807, 2.05) is 18.2 Å². The average Bonchev–Trinajstić information content (AvgIpc) is 2.90. The minimum Gasteiger partial charge on any atom is -0.476 e. The highest BCUT2D eigenvalue weighted by Gasteiger charge is 2.20. The van der Waals surface area contributed by atoms with E-state index in [0.29, 0.717) is 18.2 Å². The van der Waals surface area contributed by atoms with Crippen molar-refractivity contribution in [2.24, 2.45) is 7.05 Å². The highest BCUT2D eigenvalue weighted by Crippen LogP contribution is 2.34. The Hall–Kier alpha value is -2.05. The Kier molecular flexibility index (Phi) is 4.04. The molecule has 0 amide bonds. The van der Waals surface area contributed by atoms with Gasteiger partial charge in [0.25, 0.3) is 0 Å². The van der Waals surface area contributed by atoms with E-state index in [2.05, 4.69) is 10.00 Å². The third kappa shape index (κ3) is 2.80. The van der Waals surface area contributed by atoms with Crippen molar-refractivity contribution < 1.29 is 14.6 Å². The van der Waals surface area contributed by atoms with Gasteiger partial charge in [-0.15, -0.1) is 0 Å². The largest absolute Gasteiger partial charge is 0.476 e. The topological polar surface area (TPSA) is 67.6 Å². The molecule has 2 aromatic rings. The number of morpholine rings is 1. The van der Waals surface area contributed by atoms with Crippen molar-refractivity contribution in [2.45, 2.75) is 0 Å². The molecule has 3 rings (SSSR count). The van der Waals surface area contributed by atoms with Crippen LogP contribution in [0.15, 0.2) is 24.3 Å². The lowest BCUT2D eigenvalue weighted by atomic mass is 10.1. The van der Waals surface area contributed by atoms with Gasteiger partial charge in [0, 0.05) is 36.4 Å². The molecule has 0 saturated carbocycles. The maximum absolute atomic E-state index is 11.1. The molecule has 7 heteroatoms. The molecule has 1 aliphatic heterocycles. The Morgan fingerprint density at radius 2 is 2.05 bits per heavy atom. The molecule has 6 nitrogen and oxygen atoms in total. The normalized spacial score (nSPS) is 15.1. The minimum atomic E-state index is -1.04. The van der Waals surface area contributed by atoms with E-state index in [1.165, 1.54) is 0 Å². The fourth-order valence-corrected chi connectivity index (χ4v) is 2.79. The predicted molar refractivity (Wildman–Crippen MR) is 83.6 cm³/mol. The molecule has 0 radical (unpaired) electrons. The van der Waals surface area contributed by atoms with Crippen LogP contribution in [0.2, 0.25) is 5.02 Å². The van der Waals surface area contributed by atoms with Gasteiger partial charge in [-0.05, 0) is 24.3 Å². The molecule has 2 heterocycles. The summed E-state index contributed by atoms with van der Waals surface area (Å²) in [5.74, 6) is -1.04. The first-order valence-corrected chi connectivity index (χ1v) is 7.34. The first kappa shape index (κ1) is 14.9. The van der Waals surface area contributed by atoms with Gasteiger partial charge in [0.2, 0.25) is 0 Å². The van der Waals surface area contributed by atoms with Crippen LogP contribution in [-0.4, -0.2) is 47.2 Å². The number of anilines is 1. The van der Waals surface area contributed by atoms with E-state index < -0.39 is 5.97 Å². The van der Waals surface area contributed by atoms with Crippen LogP contribution in [0.1, 0.15) is 10.5 Å². The number of hydrogen-bond acceptors (Lipinski definition) is 4. The maximum Gasteiger partial charge on any atom is 0.356 e. The molecule has 1 aromatic heterocycles. The second-order valence-corrected chi connectivity index (χ2v) is 5.54. The third-order valence-electron chi connectivity index (χ3n) is 3.69. The number of halogens is 1. The second-order valence-electron chi connectivity index (χ2n) is 5.10. The predicted octanol–water partition coefficient (Wildman–Crippen LogP) is 2.28. The number of carboxylic acids is 1. The summed E-state index contributed by atoms with van der Waals surface area (Å²) in [4.78, 5) is 13.3. The lowest BCUT2D eigenvalue weighted by Gasteiger charge is -2.30. The Bertz CT molecular complexity index is 708. The lowest BCUT2D eigenvalue weighted by molar-refractivity contribution is 0.0689. The average molecular weight is 322 g/mol. The van der Waals surface area contributed by atoms with Crippen molar-refractivity contribution in [3.8, 4) is 11.3 Å². The molecule has 1 saturated heterocycles. The van der Waals surface area contributed by atoms with Gasteiger partial charge in [0.15, 0.2) is 5.69 Å². The van der Waals surface area contributed by atoms with Crippen molar-refractivity contribution in [2.75, 3.05) is 31.2 Å². The number of carboxylic acid groups (broad SMARTS) is 1. The molecule has 0 unspecified atom stereocenters. The summed E-state index contributed by atoms with van der Waals surface area (Å²) in [5.41, 5.74) is 2.62. The third-order valence-corrected chi connectivity index (χ3v) is 3.92. The van der Waals surface area contributed by atoms with Gasteiger partial charge >= 0.3 is 5.97 Å². The highest BCUT2D eigenvalue weighted by atomic mass is 35.5. The lowest BCUT2D eigenvalue weighted by Crippen LogP contribution is -2.36. The summed E-state index contributed by atoms with van der Waals surface area (Å²) in [5, 5.41) is 13.7. The van der Waals surface area contributed by atoms with Crippen molar-refractivity contribution in [3.05, 3.63) is 35.0 Å². The van der Waals surface area contributed by atoms with Gasteiger partial charge in [-0.25, -0.2) is 4.79 Å². The molecule has 22 heavy (non-hydrogen) atoms. The molecule has 1 aliphatic rings. The van der Waals surface area contributed by atoms with Gasteiger partial charge in [-0.1, -0.05) is 11.6 Å². The van der Waals surface area contributed by atoms with Crippen LogP contribution in [0.25, 0.3) is 11.3 Å². The summed E-state index contributed by atoms with van der Waals surface area (Å²) in [6.07, 6.45) is 0. The Labute approximate surface area is 132 Å². The van der Waals surface area contributed by atoms with E-state index in [1.54, 1.807) is 17.8 Å². The molecule has 0 spiro atoms. The molecule has 0 aliphatic carbocycles. The van der Waals surface area contributed by atoms with Gasteiger partial charge in [-0.2, -0.15) is 5.10 Å². The Balaban J connectivity index is 2.09. The number of benzene rings is 1. The van der Waals surface area contributed by atoms with Gasteiger partial charge in [0.05, 0.1) is 18.9 Å². The zero-order valence-corrected chi connectivity index (χ0v) is 12.9. The molecule has 1 fully saturated rings. The van der Waals surface area contributed by atoms with Crippen LogP contribution in [0.3, 0.4) is 0 Å². The summed E-state index contributed by atoms with van der Waals surface area (Å²) in [7, 11) is 1.73. The fourth-order valence-electron chi connectivity index (χ4n) is 2.62. The molecule has 0 bridgehead atoms. The van der Waals surface area contributed by atoms with Crippen molar-refractivity contribution in [3.63, 3.8) is 0 Å². The van der Waals surface area contributed by atoms with E-state index in [4.69, 9.17) is 21.4 Å². The monoisotopic (exact) mass is 321 g/mol. The van der Waals surface area contributed by atoms with E-state index in [0.717, 1.165) is 30.0 Å². The van der Waals surface area contributed by atoms with Crippen LogP contribution < -0.4 is 4.90 Å². The van der Waals surface area contributed by atoms with Crippen LogP contribution in [0.4, 0.5) is 5.69 Å². The quantitative estimate of drug-likeness (QED) is 0.939. The molecule has 0 atom stereocenters. The standard InChI is InChI=1S/C15H16ClN3O3/c1-18-14(9-12(17-18)15(20)21)11-8-10(16)2-3-13(11)19-4-6-22-7-5-19/h2-3,8-9H,4-7H2,1H3,(H,20,21). The number of nitrogens with zero attached hydrogens (tertiary/aromatic N) is 3. The molecule has 1 aromatic carbocycles. The Morgan fingerprint density at radius 3 is 2.68 bits per heavy atom. The van der Waals surface area contributed by atoms with Crippen LogP contribution in [0, 0.1) is 0 Å². The molecular formula is C15H16ClN3O3. The van der Waals surface area contributed by atoms with E-state index in [-0.39, 0.29) is 5.69 Å². The van der Waals surface area contributed by atoms with Gasteiger partial charge in [0.1, 0.15) is 0 Å².